The number of aromatic carboxylic acids is 1. The number of nitrogens with zero attached hydrogens (tertiary/aromatic N) is 1. The lowest BCUT2D eigenvalue weighted by molar-refractivity contribution is -0.167. The number of benzene rings is 4. The topological polar surface area (TPSA) is 220 Å². The lowest BCUT2D eigenvalue weighted by Crippen LogP contribution is -2.38. The highest BCUT2D eigenvalue weighted by Gasteiger charge is 2.39. The summed E-state index contributed by atoms with van der Waals surface area (Å²) < 4.78 is 57.4. The zero-order chi connectivity index (χ0) is 46.7. The van der Waals surface area contributed by atoms with Gasteiger partial charge in [-0.25, -0.2) is 9.59 Å². The second kappa shape index (κ2) is 20.6. The zero-order valence-corrected chi connectivity index (χ0v) is 34.2. The van der Waals surface area contributed by atoms with Crippen molar-refractivity contribution in [1.29, 1.82) is 0 Å². The minimum absolute atomic E-state index is 0.00391. The molecule has 0 spiro atoms. The molecule has 0 aliphatic carbocycles. The molecule has 0 fully saturated rings. The van der Waals surface area contributed by atoms with Crippen molar-refractivity contribution >= 4 is 58.2 Å². The number of ether oxygens (including phenoxy) is 3. The minimum atomic E-state index is -5.28. The number of ketones is 1. The molecular weight excluding hydrogens is 856 g/mol. The number of pyridine rings is 1. The van der Waals surface area contributed by atoms with Crippen LogP contribution in [0.1, 0.15) is 58.3 Å². The van der Waals surface area contributed by atoms with E-state index in [0.717, 1.165) is 18.2 Å². The molecular formula is C46H38F3N5O11. The SMILES string of the molecule is Cc1c(NC(=O)c2cccc(OCC(=O)NCCNC(=O)COc3cccc(C(=O)O)c3)c2)c2ccccn2c1C(=O)c1ccc(NC(=O)C(F)(F)F)c(C(=O)OCc2ccccc2)c1. The first-order chi connectivity index (χ1) is 31.1. The van der Waals surface area contributed by atoms with E-state index in [2.05, 4.69) is 16.0 Å². The molecule has 0 radical (unpaired) electrons. The van der Waals surface area contributed by atoms with E-state index in [0.29, 0.717) is 16.6 Å². The summed E-state index contributed by atoms with van der Waals surface area (Å²) >= 11 is 0. The number of anilines is 2. The third-order valence-electron chi connectivity index (χ3n) is 9.45. The van der Waals surface area contributed by atoms with E-state index in [4.69, 9.17) is 19.3 Å². The summed E-state index contributed by atoms with van der Waals surface area (Å²) in [6, 6.07) is 28.2. The lowest BCUT2D eigenvalue weighted by atomic mass is 10.0. The number of carbonyl (C=O) groups excluding carboxylic acids is 6. The van der Waals surface area contributed by atoms with Gasteiger partial charge in [-0.3, -0.25) is 24.0 Å². The van der Waals surface area contributed by atoms with Gasteiger partial charge in [0.25, 0.3) is 17.7 Å². The molecule has 6 rings (SSSR count). The van der Waals surface area contributed by atoms with Crippen LogP contribution in [0, 0.1) is 6.92 Å². The molecule has 2 heterocycles. The number of carbonyl (C=O) groups is 7. The van der Waals surface area contributed by atoms with Crippen molar-refractivity contribution in [3.63, 3.8) is 0 Å². The van der Waals surface area contributed by atoms with Crippen LogP contribution in [0.5, 0.6) is 11.5 Å². The number of carboxylic acids is 1. The van der Waals surface area contributed by atoms with Gasteiger partial charge in [-0.05, 0) is 79.2 Å². The summed E-state index contributed by atoms with van der Waals surface area (Å²) in [5, 5.41) is 18.7. The van der Waals surface area contributed by atoms with Crippen molar-refractivity contribution in [2.75, 3.05) is 36.9 Å². The van der Waals surface area contributed by atoms with Crippen LogP contribution in [-0.4, -0.2) is 83.3 Å². The van der Waals surface area contributed by atoms with Crippen LogP contribution >= 0.6 is 0 Å². The quantitative estimate of drug-likeness (QED) is 0.0384. The van der Waals surface area contributed by atoms with E-state index in [1.807, 2.05) is 0 Å². The van der Waals surface area contributed by atoms with E-state index in [9.17, 15) is 46.7 Å². The van der Waals surface area contributed by atoms with Crippen LogP contribution in [-0.2, 0) is 25.7 Å². The van der Waals surface area contributed by atoms with Gasteiger partial charge in [0.2, 0.25) is 5.78 Å². The fraction of sp³-hybridized carbons (Fsp3) is 0.152. The van der Waals surface area contributed by atoms with Crippen molar-refractivity contribution in [2.24, 2.45) is 0 Å². The standard InChI is InChI=1S/C46H38F3N5O11/c1-27-39(53-42(58)30-11-7-13-32(21-30)63-25-37(55)50-18-19-51-38(56)26-64-33-14-8-12-31(22-33)43(59)60)36-15-5-6-20-54(36)40(27)41(57)29-16-17-35(52-45(62)46(47,48)49)34(23-29)44(61)65-24-28-9-3-2-4-10-28/h2-17,20-23H,18-19,24-26H2,1H3,(H,50,55)(H,51,56)(H,52,62)(H,53,58)(H,59,60). The maximum atomic E-state index is 14.2. The maximum Gasteiger partial charge on any atom is 0.471 e. The zero-order valence-electron chi connectivity index (χ0n) is 34.2. The Balaban J connectivity index is 1.09. The minimum Gasteiger partial charge on any atom is -0.484 e. The number of amides is 4. The predicted octanol–water partition coefficient (Wildman–Crippen LogP) is 5.98. The van der Waals surface area contributed by atoms with Gasteiger partial charge in [-0.15, -0.1) is 0 Å². The van der Waals surface area contributed by atoms with Crippen molar-refractivity contribution in [3.8, 4) is 11.5 Å². The summed E-state index contributed by atoms with van der Waals surface area (Å²) in [6.07, 6.45) is -3.72. The highest BCUT2D eigenvalue weighted by Crippen LogP contribution is 2.32. The van der Waals surface area contributed by atoms with E-state index < -0.39 is 65.4 Å². The molecule has 0 aliphatic rings. The Morgan fingerprint density at radius 1 is 0.677 bits per heavy atom. The lowest BCUT2D eigenvalue weighted by Gasteiger charge is -2.14. The third kappa shape index (κ3) is 11.9. The molecule has 5 N–H and O–H groups in total. The van der Waals surface area contributed by atoms with Gasteiger partial charge in [0.15, 0.2) is 13.2 Å². The summed E-state index contributed by atoms with van der Waals surface area (Å²) in [5.41, 5.74) is 0.512. The highest BCUT2D eigenvalue weighted by atomic mass is 19.4. The van der Waals surface area contributed by atoms with Gasteiger partial charge in [0.05, 0.1) is 33.7 Å². The first-order valence-electron chi connectivity index (χ1n) is 19.5. The van der Waals surface area contributed by atoms with Gasteiger partial charge >= 0.3 is 24.0 Å². The van der Waals surface area contributed by atoms with E-state index in [-0.39, 0.29) is 65.9 Å². The predicted molar refractivity (Wildman–Crippen MR) is 227 cm³/mol. The monoisotopic (exact) mass is 893 g/mol. The number of carboxylic acid groups (broad SMARTS) is 1. The average molecular weight is 894 g/mol. The van der Waals surface area contributed by atoms with E-state index >= 15 is 0 Å². The van der Waals surface area contributed by atoms with Crippen molar-refractivity contribution < 1.29 is 66.1 Å². The molecule has 0 atom stereocenters. The molecule has 4 amide bonds. The number of hydrogen-bond acceptors (Lipinski definition) is 10. The molecule has 65 heavy (non-hydrogen) atoms. The molecule has 0 unspecified atom stereocenters. The highest BCUT2D eigenvalue weighted by molar-refractivity contribution is 6.15. The van der Waals surface area contributed by atoms with E-state index in [1.54, 1.807) is 67.0 Å². The van der Waals surface area contributed by atoms with Crippen molar-refractivity contribution in [2.45, 2.75) is 19.7 Å². The van der Waals surface area contributed by atoms with Crippen LogP contribution in [0.4, 0.5) is 24.5 Å². The number of halogens is 3. The summed E-state index contributed by atoms with van der Waals surface area (Å²) in [5.74, 6) is -6.53. The third-order valence-corrected chi connectivity index (χ3v) is 9.45. The fourth-order valence-electron chi connectivity index (χ4n) is 6.30. The Morgan fingerprint density at radius 3 is 1.92 bits per heavy atom. The molecule has 0 aliphatic heterocycles. The summed E-state index contributed by atoms with van der Waals surface area (Å²) in [4.78, 5) is 88.8. The number of aromatic nitrogens is 1. The van der Waals surface area contributed by atoms with Gasteiger partial charge in [-0.2, -0.15) is 13.2 Å². The number of rotatable bonds is 18. The summed E-state index contributed by atoms with van der Waals surface area (Å²) in [6.45, 7) is 0.619. The maximum absolute atomic E-state index is 14.2. The van der Waals surface area contributed by atoms with Crippen LogP contribution in [0.3, 0.4) is 0 Å². The number of hydrogen-bond donors (Lipinski definition) is 5. The molecule has 0 saturated carbocycles. The van der Waals surface area contributed by atoms with E-state index in [1.165, 1.54) is 52.9 Å². The molecule has 0 bridgehead atoms. The number of fused-ring (bicyclic) bond motifs is 1. The molecule has 334 valence electrons. The van der Waals surface area contributed by atoms with Gasteiger partial charge < -0.3 is 45.0 Å². The summed E-state index contributed by atoms with van der Waals surface area (Å²) in [7, 11) is 0. The molecule has 16 nitrogen and oxygen atoms in total. The van der Waals surface area contributed by atoms with Crippen molar-refractivity contribution in [1.82, 2.24) is 15.0 Å². The molecule has 2 aromatic heterocycles. The normalized spacial score (nSPS) is 11.0. The second-order valence-corrected chi connectivity index (χ2v) is 14.0. The van der Waals surface area contributed by atoms with Crippen LogP contribution < -0.4 is 30.7 Å². The first-order valence-corrected chi connectivity index (χ1v) is 19.5. The van der Waals surface area contributed by atoms with Crippen LogP contribution in [0.25, 0.3) is 5.52 Å². The molecule has 0 saturated heterocycles. The Labute approximate surface area is 367 Å². The Hall–Kier alpha value is -8.48. The van der Waals surface area contributed by atoms with Gasteiger partial charge in [0.1, 0.15) is 18.1 Å². The fourth-order valence-corrected chi connectivity index (χ4v) is 6.30. The van der Waals surface area contributed by atoms with Crippen LogP contribution in [0.15, 0.2) is 121 Å². The van der Waals surface area contributed by atoms with Gasteiger partial charge in [0, 0.05) is 36.0 Å². The van der Waals surface area contributed by atoms with Crippen LogP contribution in [0.2, 0.25) is 0 Å². The molecule has 4 aromatic carbocycles. The number of esters is 1. The number of nitrogens with one attached hydrogen (secondary N) is 4. The smallest absolute Gasteiger partial charge is 0.471 e. The molecule has 19 heteroatoms. The van der Waals surface area contributed by atoms with Crippen molar-refractivity contribution in [3.05, 3.63) is 161 Å². The Kier molecular flexibility index (Phi) is 14.6. The Bertz CT molecular complexity index is 2790. The number of alkyl halides is 3. The second-order valence-electron chi connectivity index (χ2n) is 14.0. The largest absolute Gasteiger partial charge is 0.484 e. The first kappa shape index (κ1) is 46.0. The van der Waals surface area contributed by atoms with Gasteiger partial charge in [-0.1, -0.05) is 48.5 Å². The average Bonchev–Trinajstić information content (AvgIpc) is 3.58. The molecule has 6 aromatic rings. The Morgan fingerprint density at radius 2 is 1.29 bits per heavy atom.